The molecule has 0 aromatic heterocycles. The largest absolute Gasteiger partial charge is 0.492 e. The van der Waals surface area contributed by atoms with Gasteiger partial charge in [-0.3, -0.25) is 19.8 Å². The lowest BCUT2D eigenvalue weighted by Gasteiger charge is -2.26. The van der Waals surface area contributed by atoms with Gasteiger partial charge in [0, 0.05) is 42.5 Å². The van der Waals surface area contributed by atoms with Crippen LogP contribution in [0.4, 0.5) is 11.4 Å². The van der Waals surface area contributed by atoms with E-state index in [0.29, 0.717) is 24.3 Å². The summed E-state index contributed by atoms with van der Waals surface area (Å²) in [5.74, 6) is -0.648. The number of anilines is 1. The number of carboxylic acid groups (broad SMARTS) is 1. The van der Waals surface area contributed by atoms with Crippen molar-refractivity contribution in [3.05, 3.63) is 75.0 Å². The van der Waals surface area contributed by atoms with Gasteiger partial charge in [0.1, 0.15) is 18.6 Å². The molecule has 0 aliphatic carbocycles. The van der Waals surface area contributed by atoms with E-state index in [9.17, 15) is 24.8 Å². The number of carbonyl (C=O) groups is 2. The van der Waals surface area contributed by atoms with E-state index in [1.807, 2.05) is 6.07 Å². The fourth-order valence-electron chi connectivity index (χ4n) is 3.87. The van der Waals surface area contributed by atoms with Gasteiger partial charge in [0.15, 0.2) is 0 Å². The third-order valence-electron chi connectivity index (χ3n) is 5.61. The number of carbonyl (C=O) groups excluding carboxylic acids is 1. The minimum atomic E-state index is -1.33. The van der Waals surface area contributed by atoms with Gasteiger partial charge in [-0.1, -0.05) is 12.1 Å². The van der Waals surface area contributed by atoms with Crippen LogP contribution in [0.2, 0.25) is 0 Å². The van der Waals surface area contributed by atoms with Crippen LogP contribution in [0.3, 0.4) is 0 Å². The fraction of sp³-hybridized carbons (Fsp3) is 0.250. The van der Waals surface area contributed by atoms with E-state index in [-0.39, 0.29) is 22.4 Å². The second-order valence-electron chi connectivity index (χ2n) is 7.76. The highest BCUT2D eigenvalue weighted by Crippen LogP contribution is 2.34. The molecule has 34 heavy (non-hydrogen) atoms. The number of hydrogen-bond acceptors (Lipinski definition) is 8. The van der Waals surface area contributed by atoms with Gasteiger partial charge in [0.05, 0.1) is 35.0 Å². The van der Waals surface area contributed by atoms with Crippen molar-refractivity contribution in [1.82, 2.24) is 4.90 Å². The number of allylic oxidation sites excluding steroid dienone is 1. The molecule has 0 radical (unpaired) electrons. The normalized spacial score (nSPS) is 16.8. The lowest BCUT2D eigenvalue weighted by Crippen LogP contribution is -2.38. The Bertz CT molecular complexity index is 1180. The van der Waals surface area contributed by atoms with Crippen molar-refractivity contribution in [2.24, 2.45) is 0 Å². The van der Waals surface area contributed by atoms with E-state index in [1.54, 1.807) is 24.3 Å². The van der Waals surface area contributed by atoms with Crippen LogP contribution >= 0.6 is 0 Å². The molecule has 10 nitrogen and oxygen atoms in total. The first-order valence-electron chi connectivity index (χ1n) is 10.7. The minimum Gasteiger partial charge on any atom is -0.492 e. The molecule has 0 atom stereocenters. The van der Waals surface area contributed by atoms with Crippen LogP contribution in [0.5, 0.6) is 5.75 Å². The molecule has 2 N–H and O–H groups in total. The van der Waals surface area contributed by atoms with Crippen LogP contribution in [0, 0.1) is 10.1 Å². The first-order valence-corrected chi connectivity index (χ1v) is 10.7. The van der Waals surface area contributed by atoms with Crippen molar-refractivity contribution >= 4 is 35.3 Å². The zero-order valence-corrected chi connectivity index (χ0v) is 18.2. The van der Waals surface area contributed by atoms with Crippen molar-refractivity contribution in [3.8, 4) is 5.75 Å². The molecular weight excluding hydrogens is 442 g/mol. The maximum absolute atomic E-state index is 12.1. The summed E-state index contributed by atoms with van der Waals surface area (Å²) in [6.45, 7) is 4.56. The number of fused-ring (bicyclic) bond motifs is 1. The monoisotopic (exact) mass is 465 g/mol. The summed E-state index contributed by atoms with van der Waals surface area (Å²) in [7, 11) is 0. The van der Waals surface area contributed by atoms with Crippen LogP contribution in [0.1, 0.15) is 21.5 Å². The number of ether oxygens (including phenoxy) is 2. The quantitative estimate of drug-likeness (QED) is 0.261. The lowest BCUT2D eigenvalue weighted by atomic mass is 9.97. The van der Waals surface area contributed by atoms with Crippen molar-refractivity contribution in [1.29, 1.82) is 0 Å². The average Bonchev–Trinajstić information content (AvgIpc) is 2.84. The molecule has 4 rings (SSSR count). The first kappa shape index (κ1) is 23.1. The molecule has 2 heterocycles. The predicted molar refractivity (Wildman–Crippen MR) is 125 cm³/mol. The zero-order chi connectivity index (χ0) is 24.1. The van der Waals surface area contributed by atoms with Gasteiger partial charge >= 0.3 is 5.97 Å². The van der Waals surface area contributed by atoms with Crippen molar-refractivity contribution in [2.45, 2.75) is 0 Å². The number of nitro benzene ring substituents is 1. The van der Waals surface area contributed by atoms with Gasteiger partial charge < -0.3 is 19.9 Å². The molecule has 1 saturated heterocycles. The number of hydrogen-bond donors (Lipinski definition) is 2. The Morgan fingerprint density at radius 2 is 2.00 bits per heavy atom. The smallest absolute Gasteiger partial charge is 0.338 e. The Kier molecular flexibility index (Phi) is 7.00. The Morgan fingerprint density at radius 1 is 1.21 bits per heavy atom. The second-order valence-corrected chi connectivity index (χ2v) is 7.76. The number of rotatable bonds is 8. The van der Waals surface area contributed by atoms with Crippen LogP contribution in [0.15, 0.2) is 48.2 Å². The summed E-state index contributed by atoms with van der Waals surface area (Å²) in [4.78, 5) is 36.2. The Hall–Kier alpha value is -4.02. The van der Waals surface area contributed by atoms with Crippen molar-refractivity contribution in [2.75, 3.05) is 44.8 Å². The molecule has 2 aromatic carbocycles. The van der Waals surface area contributed by atoms with Crippen LogP contribution < -0.4 is 10.1 Å². The Labute approximate surface area is 195 Å². The topological polar surface area (TPSA) is 131 Å². The zero-order valence-electron chi connectivity index (χ0n) is 18.2. The molecule has 0 amide bonds. The average molecular weight is 465 g/mol. The van der Waals surface area contributed by atoms with Crippen molar-refractivity contribution < 1.29 is 29.1 Å². The van der Waals surface area contributed by atoms with E-state index in [1.165, 1.54) is 12.1 Å². The molecule has 0 unspecified atom stereocenters. The van der Waals surface area contributed by atoms with Gasteiger partial charge in [0.25, 0.3) is 5.69 Å². The highest BCUT2D eigenvalue weighted by atomic mass is 16.6. The fourth-order valence-corrected chi connectivity index (χ4v) is 3.87. The molecule has 2 aliphatic rings. The second kappa shape index (κ2) is 10.3. The molecule has 10 heteroatoms. The van der Waals surface area contributed by atoms with E-state index >= 15 is 0 Å². The number of benzene rings is 2. The molecule has 0 spiro atoms. The van der Waals surface area contributed by atoms with Gasteiger partial charge in [-0.25, -0.2) is 4.79 Å². The van der Waals surface area contributed by atoms with Gasteiger partial charge in [-0.05, 0) is 30.3 Å². The third-order valence-corrected chi connectivity index (χ3v) is 5.61. The number of nitro groups is 1. The third kappa shape index (κ3) is 5.13. The number of nitrogens with one attached hydrogen (secondary N) is 1. The molecule has 2 aliphatic heterocycles. The number of nitrogens with zero attached hydrogens (tertiary/aromatic N) is 2. The molecule has 2 aromatic rings. The Balaban J connectivity index is 1.56. The summed E-state index contributed by atoms with van der Waals surface area (Å²) in [5.41, 5.74) is 0.900. The predicted octanol–water partition coefficient (Wildman–Crippen LogP) is 3.05. The van der Waals surface area contributed by atoms with Crippen LogP contribution in [-0.4, -0.2) is 66.6 Å². The maximum atomic E-state index is 12.1. The van der Waals surface area contributed by atoms with Crippen molar-refractivity contribution in [3.63, 3.8) is 0 Å². The summed E-state index contributed by atoms with van der Waals surface area (Å²) in [6.07, 6.45) is 3.76. The maximum Gasteiger partial charge on any atom is 0.338 e. The SMILES string of the molecule is O=Cc1ccc(/C(C(=O)O)=C2\C=Cc3cc(OCCN4CCOCC4)ccc3N2)c([N+](=O)[O-])c1. The summed E-state index contributed by atoms with van der Waals surface area (Å²) < 4.78 is 11.2. The standard InChI is InChI=1S/C24H23N3O7/c28-15-16-1-4-19(22(13-16)27(31)32)23(24(29)30)21-5-2-17-14-18(3-6-20(17)25-21)34-12-9-26-7-10-33-11-8-26/h1-6,13-15,25H,7-12H2,(H,29,30)/b23-21-. The molecular formula is C24H23N3O7. The molecule has 1 fully saturated rings. The summed E-state index contributed by atoms with van der Waals surface area (Å²) >= 11 is 0. The van der Waals surface area contributed by atoms with E-state index in [4.69, 9.17) is 9.47 Å². The number of aliphatic carboxylic acids is 1. The molecule has 0 bridgehead atoms. The van der Waals surface area contributed by atoms with Gasteiger partial charge in [-0.15, -0.1) is 0 Å². The number of carboxylic acids is 1. The highest BCUT2D eigenvalue weighted by Gasteiger charge is 2.26. The minimum absolute atomic E-state index is 0.0869. The summed E-state index contributed by atoms with van der Waals surface area (Å²) in [6, 6.07) is 9.08. The number of aldehydes is 1. The van der Waals surface area contributed by atoms with E-state index in [0.717, 1.165) is 44.5 Å². The van der Waals surface area contributed by atoms with Crippen LogP contribution in [0.25, 0.3) is 11.6 Å². The Morgan fingerprint density at radius 3 is 2.71 bits per heavy atom. The number of morpholine rings is 1. The van der Waals surface area contributed by atoms with Crippen LogP contribution in [-0.2, 0) is 9.53 Å². The van der Waals surface area contributed by atoms with Gasteiger partial charge in [0.2, 0.25) is 0 Å². The molecule has 176 valence electrons. The van der Waals surface area contributed by atoms with E-state index < -0.39 is 16.6 Å². The van der Waals surface area contributed by atoms with E-state index in [2.05, 4.69) is 10.2 Å². The summed E-state index contributed by atoms with van der Waals surface area (Å²) in [5, 5.41) is 24.4. The van der Waals surface area contributed by atoms with Gasteiger partial charge in [-0.2, -0.15) is 0 Å². The molecule has 0 saturated carbocycles. The first-order chi connectivity index (χ1) is 16.5. The lowest BCUT2D eigenvalue weighted by molar-refractivity contribution is -0.385. The highest BCUT2D eigenvalue weighted by molar-refractivity contribution is 6.19.